The van der Waals surface area contributed by atoms with E-state index in [1.54, 1.807) is 0 Å². The SMILES string of the molecule is N[C@H]1[C@@H](O[C@H]2[C@H](O)[C@@H](O)[C@H](O[C@H]3[C@H](OS(=O)(=O)O)[C@@H](N)[C@@H](O[C@H]4[C@H](OS(=O)(=O)O)[C@@H](N)C(O)O[C@@H]4COS(=O)(=O)O)O[C@@H]3COS(=O)(=O)O)O[C@@H]2C(=O)O)O[C@H](COS(=O)(=O)O)[C@@H](O)[C@@H]1O. The minimum Gasteiger partial charge on any atom is -0.479 e. The molecule has 0 saturated carbocycles. The van der Waals surface area contributed by atoms with Gasteiger partial charge in [0, 0.05) is 0 Å². The van der Waals surface area contributed by atoms with Gasteiger partial charge in [-0.1, -0.05) is 0 Å². The summed E-state index contributed by atoms with van der Waals surface area (Å²) >= 11 is 0. The quantitative estimate of drug-likeness (QED) is 0.0504. The summed E-state index contributed by atoms with van der Waals surface area (Å²) < 4.78 is 222. The summed E-state index contributed by atoms with van der Waals surface area (Å²) in [7, 11) is -27.6. The second-order valence-electron chi connectivity index (χ2n) is 14.0. The Morgan fingerprint density at radius 1 is 0.439 bits per heavy atom. The summed E-state index contributed by atoms with van der Waals surface area (Å²) in [4.78, 5) is 12.5. The summed E-state index contributed by atoms with van der Waals surface area (Å²) in [6, 6.07) is -6.37. The average molecular weight is 1080 g/mol. The molecule has 37 nitrogen and oxygen atoms in total. The molecule has 4 fully saturated rings. The summed E-state index contributed by atoms with van der Waals surface area (Å²) in [6.45, 7) is -4.26. The zero-order valence-corrected chi connectivity index (χ0v) is 36.3. The van der Waals surface area contributed by atoms with Crippen molar-refractivity contribution in [2.45, 2.75) is 123 Å². The normalized spacial score (nSPS) is 41.0. The van der Waals surface area contributed by atoms with E-state index >= 15 is 0 Å². The minimum atomic E-state index is -5.84. The van der Waals surface area contributed by atoms with E-state index in [1.165, 1.54) is 0 Å². The largest absolute Gasteiger partial charge is 0.479 e. The van der Waals surface area contributed by atoms with Crippen LogP contribution in [-0.2, 0) is 111 Å². The van der Waals surface area contributed by atoms with Gasteiger partial charge in [0.25, 0.3) is 0 Å². The Kier molecular flexibility index (Phi) is 18.7. The van der Waals surface area contributed by atoms with Crippen molar-refractivity contribution >= 4 is 58.0 Å². The first-order chi connectivity index (χ1) is 30.0. The number of carbonyl (C=O) groups is 1. The summed E-state index contributed by atoms with van der Waals surface area (Å²) in [5.74, 6) is -2.09. The molecule has 0 amide bonds. The van der Waals surface area contributed by atoms with E-state index in [1.807, 2.05) is 0 Å². The van der Waals surface area contributed by atoms with Crippen molar-refractivity contribution in [1.29, 1.82) is 0 Å². The molecule has 0 aromatic carbocycles. The highest BCUT2D eigenvalue weighted by Crippen LogP contribution is 2.36. The van der Waals surface area contributed by atoms with Crippen LogP contribution in [0.1, 0.15) is 0 Å². The number of nitrogens with two attached hydrogens (primary N) is 3. The third-order valence-electron chi connectivity index (χ3n) is 9.43. The van der Waals surface area contributed by atoms with Gasteiger partial charge in [0.15, 0.2) is 31.3 Å². The first-order valence-electron chi connectivity index (χ1n) is 17.6. The zero-order valence-electron chi connectivity index (χ0n) is 32.3. The Hall–Kier alpha value is -1.78. The van der Waals surface area contributed by atoms with E-state index in [4.69, 9.17) is 59.5 Å². The number of ether oxygens (including phenoxy) is 7. The molecule has 0 aromatic heterocycles. The van der Waals surface area contributed by atoms with Crippen LogP contribution in [0.5, 0.6) is 0 Å². The molecular weight excluding hydrogens is 1030 g/mol. The lowest BCUT2D eigenvalue weighted by molar-refractivity contribution is -0.365. The van der Waals surface area contributed by atoms with Gasteiger partial charge in [-0.2, -0.15) is 42.1 Å². The van der Waals surface area contributed by atoms with Gasteiger partial charge in [-0.15, -0.1) is 0 Å². The molecule has 0 aromatic rings. The fourth-order valence-corrected chi connectivity index (χ4v) is 8.50. The lowest BCUT2D eigenvalue weighted by atomic mass is 9.94. The van der Waals surface area contributed by atoms with Crippen molar-refractivity contribution < 1.29 is 154 Å². The van der Waals surface area contributed by atoms with E-state index < -0.39 is 200 Å². The first kappa shape index (κ1) is 56.8. The number of aliphatic hydroxyl groups is 5. The Bertz CT molecular complexity index is 2240. The van der Waals surface area contributed by atoms with Crippen LogP contribution < -0.4 is 17.2 Å². The molecule has 4 saturated heterocycles. The van der Waals surface area contributed by atoms with Crippen LogP contribution in [0.4, 0.5) is 0 Å². The van der Waals surface area contributed by atoms with Gasteiger partial charge in [0.2, 0.25) is 0 Å². The van der Waals surface area contributed by atoms with Gasteiger partial charge >= 0.3 is 58.0 Å². The Morgan fingerprint density at radius 2 is 0.833 bits per heavy atom. The number of hydrogen-bond acceptors (Lipinski definition) is 31. The van der Waals surface area contributed by atoms with Gasteiger partial charge in [-0.3, -0.25) is 22.8 Å². The molecule has 0 radical (unpaired) electrons. The fraction of sp³-hybridized carbons (Fsp3) is 0.958. The molecule has 4 heterocycles. The molecule has 20 atom stereocenters. The number of aliphatic hydroxyl groups excluding tert-OH is 5. The molecule has 0 aliphatic carbocycles. The van der Waals surface area contributed by atoms with E-state index in [2.05, 4.69) is 20.9 Å². The van der Waals surface area contributed by atoms with Crippen molar-refractivity contribution in [3.05, 3.63) is 0 Å². The molecule has 17 N–H and O–H groups in total. The Balaban J connectivity index is 1.71. The maximum atomic E-state index is 12.5. The van der Waals surface area contributed by atoms with Crippen LogP contribution in [0.3, 0.4) is 0 Å². The number of carboxylic acids is 1. The van der Waals surface area contributed by atoms with Crippen LogP contribution in [0.25, 0.3) is 0 Å². The topological polar surface area (TPSA) is 599 Å². The average Bonchev–Trinajstić information content (AvgIpc) is 3.15. The number of carboxylic acid groups (broad SMARTS) is 1. The van der Waals surface area contributed by atoms with Crippen LogP contribution in [0.15, 0.2) is 0 Å². The third kappa shape index (κ3) is 15.6. The van der Waals surface area contributed by atoms with Crippen molar-refractivity contribution in [2.75, 3.05) is 19.8 Å². The van der Waals surface area contributed by atoms with Crippen molar-refractivity contribution in [3.8, 4) is 0 Å². The second-order valence-corrected chi connectivity index (χ2v) is 19.4. The standard InChI is InChI=1S/C24H43N3O34S5/c25-7-11(29)10(28)4(1-50-62(35,36)37)54-22(7)58-18-12(30)13(31)24(59-19(18)20(32)33)57-15-6(3-52-64(41,42)43)55-23(9(27)17(15)61-66(47,48)49)56-14-5(2-51-63(38,39)40)53-21(34)8(26)16(14)60-65(44,45)46/h4-19,21-24,28-31,34H,1-3,25-27H2,(H,32,33)(H,35,36,37)(H,38,39,40)(H,41,42,43)(H,44,45,46)(H,47,48,49)/t4-,5-,6-,7-,8-,9-,10-,11-,12-,13-,14-,15-,16-,17-,18+,19+,21?,22-,23-,24-/m1/s1. The lowest BCUT2D eigenvalue weighted by Gasteiger charge is -2.49. The van der Waals surface area contributed by atoms with Gasteiger partial charge in [0.05, 0.1) is 37.9 Å². The summed E-state index contributed by atoms with van der Waals surface area (Å²) in [5, 5.41) is 63.3. The molecule has 66 heavy (non-hydrogen) atoms. The minimum absolute atomic E-state index is 1.21. The Labute approximate surface area is 371 Å². The maximum absolute atomic E-state index is 12.5. The molecule has 42 heteroatoms. The molecular formula is C24H43N3O34S5. The smallest absolute Gasteiger partial charge is 0.397 e. The van der Waals surface area contributed by atoms with Crippen LogP contribution in [-0.4, -0.2) is 244 Å². The van der Waals surface area contributed by atoms with E-state index in [0.717, 1.165) is 0 Å². The molecule has 4 aliphatic heterocycles. The van der Waals surface area contributed by atoms with Crippen molar-refractivity contribution in [1.82, 2.24) is 0 Å². The van der Waals surface area contributed by atoms with Gasteiger partial charge < -0.3 is 81.0 Å². The maximum Gasteiger partial charge on any atom is 0.397 e. The number of aliphatic carboxylic acids is 1. The fourth-order valence-electron chi connectivity index (χ4n) is 6.54. The molecule has 4 aliphatic rings. The Morgan fingerprint density at radius 3 is 1.29 bits per heavy atom. The van der Waals surface area contributed by atoms with Crippen LogP contribution >= 0.6 is 0 Å². The molecule has 0 spiro atoms. The van der Waals surface area contributed by atoms with E-state index in [-0.39, 0.29) is 0 Å². The van der Waals surface area contributed by atoms with Crippen molar-refractivity contribution in [2.24, 2.45) is 17.2 Å². The zero-order chi connectivity index (χ0) is 50.2. The number of hydrogen-bond donors (Lipinski definition) is 14. The molecule has 388 valence electrons. The molecule has 1 unspecified atom stereocenters. The van der Waals surface area contributed by atoms with Crippen LogP contribution in [0, 0.1) is 0 Å². The molecule has 4 rings (SSSR count). The predicted octanol–water partition coefficient (Wildman–Crippen LogP) is -10.6. The predicted molar refractivity (Wildman–Crippen MR) is 192 cm³/mol. The monoisotopic (exact) mass is 1080 g/mol. The summed E-state index contributed by atoms with van der Waals surface area (Å²) in [5.41, 5.74) is 17.7. The second kappa shape index (κ2) is 21.7. The van der Waals surface area contributed by atoms with Gasteiger partial charge in [-0.05, 0) is 0 Å². The van der Waals surface area contributed by atoms with Gasteiger partial charge in [0.1, 0.15) is 73.2 Å². The number of rotatable bonds is 20. The van der Waals surface area contributed by atoms with E-state index in [9.17, 15) is 91.2 Å². The molecule has 0 bridgehead atoms. The first-order valence-corrected chi connectivity index (χ1v) is 24.4. The highest BCUT2D eigenvalue weighted by molar-refractivity contribution is 7.81. The summed E-state index contributed by atoms with van der Waals surface area (Å²) in [6.07, 6.45) is -40.4. The highest BCUT2D eigenvalue weighted by atomic mass is 32.3. The van der Waals surface area contributed by atoms with E-state index in [0.29, 0.717) is 0 Å². The van der Waals surface area contributed by atoms with Crippen molar-refractivity contribution in [3.63, 3.8) is 0 Å². The van der Waals surface area contributed by atoms with Gasteiger partial charge in [-0.25, -0.2) is 25.7 Å². The third-order valence-corrected chi connectivity index (χ3v) is 11.7. The lowest BCUT2D eigenvalue weighted by Crippen LogP contribution is -2.70. The van der Waals surface area contributed by atoms with Crippen LogP contribution in [0.2, 0.25) is 0 Å². The highest BCUT2D eigenvalue weighted by Gasteiger charge is 2.58.